The summed E-state index contributed by atoms with van der Waals surface area (Å²) in [5, 5.41) is 11.2. The standard InChI is InChI=1S/C21H32N6/c1-22-21(23-12-16-26-13-6-2-3-7-14-26)24-17-19-9-4-5-10-20(19)18-27-15-8-11-25-27/h4-5,8-11,15H,2-3,6-7,12-14,16-18H2,1H3,(H2,22,23,24). The minimum Gasteiger partial charge on any atom is -0.355 e. The molecule has 0 unspecified atom stereocenters. The molecule has 0 bridgehead atoms. The molecule has 0 spiro atoms. The maximum Gasteiger partial charge on any atom is 0.191 e. The van der Waals surface area contributed by atoms with Crippen LogP contribution in [0.1, 0.15) is 36.8 Å². The molecular weight excluding hydrogens is 336 g/mol. The van der Waals surface area contributed by atoms with Crippen molar-refractivity contribution >= 4 is 5.96 Å². The van der Waals surface area contributed by atoms with Gasteiger partial charge in [-0.25, -0.2) is 0 Å². The van der Waals surface area contributed by atoms with Crippen LogP contribution in [0.15, 0.2) is 47.7 Å². The van der Waals surface area contributed by atoms with Crippen molar-refractivity contribution < 1.29 is 0 Å². The second-order valence-corrected chi connectivity index (χ2v) is 7.08. The molecule has 6 nitrogen and oxygen atoms in total. The highest BCUT2D eigenvalue weighted by molar-refractivity contribution is 5.79. The van der Waals surface area contributed by atoms with Gasteiger partial charge >= 0.3 is 0 Å². The van der Waals surface area contributed by atoms with Crippen LogP contribution >= 0.6 is 0 Å². The molecule has 2 heterocycles. The van der Waals surface area contributed by atoms with Gasteiger partial charge in [0.2, 0.25) is 0 Å². The lowest BCUT2D eigenvalue weighted by Gasteiger charge is -2.21. The summed E-state index contributed by atoms with van der Waals surface area (Å²) in [6.45, 7) is 6.00. The van der Waals surface area contributed by atoms with Crippen LogP contribution in [0.2, 0.25) is 0 Å². The minimum atomic E-state index is 0.751. The third kappa shape index (κ3) is 6.40. The van der Waals surface area contributed by atoms with Gasteiger partial charge in [0.05, 0.1) is 6.54 Å². The van der Waals surface area contributed by atoms with Crippen molar-refractivity contribution in [2.75, 3.05) is 33.2 Å². The molecule has 1 aliphatic heterocycles. The fourth-order valence-electron chi connectivity index (χ4n) is 3.54. The van der Waals surface area contributed by atoms with Crippen LogP contribution in [0.25, 0.3) is 0 Å². The predicted molar refractivity (Wildman–Crippen MR) is 111 cm³/mol. The third-order valence-corrected chi connectivity index (χ3v) is 5.10. The van der Waals surface area contributed by atoms with E-state index in [1.807, 2.05) is 30.2 Å². The number of likely N-dealkylation sites (tertiary alicyclic amines) is 1. The summed E-state index contributed by atoms with van der Waals surface area (Å²) < 4.78 is 1.95. The highest BCUT2D eigenvalue weighted by atomic mass is 15.3. The normalized spacial score (nSPS) is 16.1. The van der Waals surface area contributed by atoms with Crippen molar-refractivity contribution in [3.05, 3.63) is 53.9 Å². The lowest BCUT2D eigenvalue weighted by atomic mass is 10.1. The molecule has 1 saturated heterocycles. The Bertz CT molecular complexity index is 686. The van der Waals surface area contributed by atoms with Crippen LogP contribution in [0.3, 0.4) is 0 Å². The summed E-state index contributed by atoms with van der Waals surface area (Å²) in [5.41, 5.74) is 2.54. The predicted octanol–water partition coefficient (Wildman–Crippen LogP) is 2.47. The van der Waals surface area contributed by atoms with Crippen molar-refractivity contribution in [3.63, 3.8) is 0 Å². The second kappa shape index (κ2) is 10.7. The highest BCUT2D eigenvalue weighted by Gasteiger charge is 2.09. The molecule has 2 N–H and O–H groups in total. The van der Waals surface area contributed by atoms with E-state index in [9.17, 15) is 0 Å². The Labute approximate surface area is 162 Å². The van der Waals surface area contributed by atoms with E-state index >= 15 is 0 Å². The molecule has 1 aliphatic rings. The van der Waals surface area contributed by atoms with Crippen LogP contribution in [0.5, 0.6) is 0 Å². The van der Waals surface area contributed by atoms with Gasteiger partial charge in [-0.3, -0.25) is 9.67 Å². The third-order valence-electron chi connectivity index (χ3n) is 5.10. The number of aliphatic imine (C=N–C) groups is 1. The summed E-state index contributed by atoms with van der Waals surface area (Å²) >= 11 is 0. The lowest BCUT2D eigenvalue weighted by molar-refractivity contribution is 0.289. The molecular formula is C21H32N6. The van der Waals surface area contributed by atoms with Gasteiger partial charge in [0.25, 0.3) is 0 Å². The number of guanidine groups is 1. The number of hydrogen-bond donors (Lipinski definition) is 2. The van der Waals surface area contributed by atoms with Crippen LogP contribution < -0.4 is 10.6 Å². The summed E-state index contributed by atoms with van der Waals surface area (Å²) in [5.74, 6) is 0.860. The lowest BCUT2D eigenvalue weighted by Crippen LogP contribution is -2.41. The maximum absolute atomic E-state index is 4.37. The number of hydrogen-bond acceptors (Lipinski definition) is 3. The molecule has 0 atom stereocenters. The van der Waals surface area contributed by atoms with Gasteiger partial charge in [-0.05, 0) is 43.1 Å². The van der Waals surface area contributed by atoms with Crippen molar-refractivity contribution in [2.45, 2.75) is 38.8 Å². The fraction of sp³-hybridized carbons (Fsp3) is 0.524. The monoisotopic (exact) mass is 368 g/mol. The van der Waals surface area contributed by atoms with Crippen molar-refractivity contribution in [3.8, 4) is 0 Å². The maximum atomic E-state index is 4.37. The molecule has 1 fully saturated rings. The summed E-state index contributed by atoms with van der Waals surface area (Å²) in [4.78, 5) is 6.93. The van der Waals surface area contributed by atoms with Gasteiger partial charge in [-0.15, -0.1) is 0 Å². The van der Waals surface area contributed by atoms with E-state index < -0.39 is 0 Å². The largest absolute Gasteiger partial charge is 0.355 e. The van der Waals surface area contributed by atoms with Crippen LogP contribution in [-0.4, -0.2) is 53.9 Å². The zero-order chi connectivity index (χ0) is 18.7. The van der Waals surface area contributed by atoms with Crippen molar-refractivity contribution in [1.82, 2.24) is 25.3 Å². The molecule has 1 aromatic carbocycles. The number of benzene rings is 1. The first-order chi connectivity index (χ1) is 13.3. The molecule has 1 aromatic heterocycles. The Morgan fingerprint density at radius 2 is 1.81 bits per heavy atom. The van der Waals surface area contributed by atoms with E-state index in [0.717, 1.165) is 32.1 Å². The first-order valence-corrected chi connectivity index (χ1v) is 10.1. The fourth-order valence-corrected chi connectivity index (χ4v) is 3.54. The van der Waals surface area contributed by atoms with Gasteiger partial charge in [0.1, 0.15) is 0 Å². The van der Waals surface area contributed by atoms with E-state index in [0.29, 0.717) is 0 Å². The smallest absolute Gasteiger partial charge is 0.191 e. The molecule has 0 saturated carbocycles. The quantitative estimate of drug-likeness (QED) is 0.582. The highest BCUT2D eigenvalue weighted by Crippen LogP contribution is 2.10. The van der Waals surface area contributed by atoms with Crippen molar-refractivity contribution in [2.24, 2.45) is 4.99 Å². The first-order valence-electron chi connectivity index (χ1n) is 10.1. The number of nitrogens with one attached hydrogen (secondary N) is 2. The van der Waals surface area contributed by atoms with E-state index in [1.165, 1.54) is 49.9 Å². The summed E-state index contributed by atoms with van der Waals surface area (Å²) in [6, 6.07) is 10.4. The molecule has 0 aliphatic carbocycles. The first kappa shape index (κ1) is 19.4. The van der Waals surface area contributed by atoms with Gasteiger partial charge in [0.15, 0.2) is 5.96 Å². The number of aromatic nitrogens is 2. The zero-order valence-corrected chi connectivity index (χ0v) is 16.4. The molecule has 3 rings (SSSR count). The van der Waals surface area contributed by atoms with Gasteiger partial charge < -0.3 is 15.5 Å². The Morgan fingerprint density at radius 1 is 1.04 bits per heavy atom. The van der Waals surface area contributed by atoms with Crippen LogP contribution in [0.4, 0.5) is 0 Å². The Hall–Kier alpha value is -2.34. The van der Waals surface area contributed by atoms with E-state index in [4.69, 9.17) is 0 Å². The summed E-state index contributed by atoms with van der Waals surface area (Å²) in [7, 11) is 1.83. The Morgan fingerprint density at radius 3 is 2.52 bits per heavy atom. The number of rotatable bonds is 7. The molecule has 0 radical (unpaired) electrons. The molecule has 2 aromatic rings. The number of nitrogens with zero attached hydrogens (tertiary/aromatic N) is 4. The van der Waals surface area contributed by atoms with Gasteiger partial charge in [0, 0.05) is 39.1 Å². The second-order valence-electron chi connectivity index (χ2n) is 7.08. The van der Waals surface area contributed by atoms with Gasteiger partial charge in [-0.1, -0.05) is 37.1 Å². The Balaban J connectivity index is 1.46. The SMILES string of the molecule is CN=C(NCCN1CCCCCC1)NCc1ccccc1Cn1cccn1. The van der Waals surface area contributed by atoms with E-state index in [-0.39, 0.29) is 0 Å². The molecule has 0 amide bonds. The molecule has 27 heavy (non-hydrogen) atoms. The average molecular weight is 369 g/mol. The van der Waals surface area contributed by atoms with Crippen LogP contribution in [0, 0.1) is 0 Å². The summed E-state index contributed by atoms with van der Waals surface area (Å²) in [6.07, 6.45) is 9.24. The van der Waals surface area contributed by atoms with E-state index in [2.05, 4.69) is 49.9 Å². The average Bonchev–Trinajstić information content (AvgIpc) is 3.07. The van der Waals surface area contributed by atoms with Crippen molar-refractivity contribution in [1.29, 1.82) is 0 Å². The van der Waals surface area contributed by atoms with Gasteiger partial charge in [-0.2, -0.15) is 5.10 Å². The Kier molecular flexibility index (Phi) is 7.71. The zero-order valence-electron chi connectivity index (χ0n) is 16.4. The van der Waals surface area contributed by atoms with Crippen LogP contribution in [-0.2, 0) is 13.1 Å². The molecule has 146 valence electrons. The minimum absolute atomic E-state index is 0.751. The topological polar surface area (TPSA) is 57.5 Å². The van der Waals surface area contributed by atoms with E-state index in [1.54, 1.807) is 0 Å². The molecule has 6 heteroatoms.